The van der Waals surface area contributed by atoms with Gasteiger partial charge < -0.3 is 11.5 Å². The molecule has 0 aliphatic rings. The third kappa shape index (κ3) is 6.02. The van der Waals surface area contributed by atoms with Crippen LogP contribution in [0.3, 0.4) is 0 Å². The van der Waals surface area contributed by atoms with E-state index in [0.717, 1.165) is 45.1 Å². The van der Waals surface area contributed by atoms with Crippen molar-refractivity contribution < 1.29 is 4.79 Å². The molecule has 0 aliphatic heterocycles. The average Bonchev–Trinajstić information content (AvgIpc) is 2.64. The highest BCUT2D eigenvalue weighted by atomic mass is 16.1. The van der Waals surface area contributed by atoms with E-state index in [0.29, 0.717) is 6.42 Å². The molecule has 1 atom stereocenters. The zero-order valence-electron chi connectivity index (χ0n) is 15.0. The van der Waals surface area contributed by atoms with Crippen molar-refractivity contribution in [1.29, 1.82) is 0 Å². The average molecular weight is 338 g/mol. The second kappa shape index (κ2) is 10.00. The van der Waals surface area contributed by atoms with Gasteiger partial charge in [0.05, 0.1) is 0 Å². The van der Waals surface area contributed by atoms with Gasteiger partial charge in [0.2, 0.25) is 5.91 Å². The number of carbonyl (C=O) groups excluding carboxylic acids is 1. The summed E-state index contributed by atoms with van der Waals surface area (Å²) in [6.45, 7) is 0.720. The second-order valence-electron chi connectivity index (χ2n) is 6.87. The Hall–Kier alpha value is -2.13. The van der Waals surface area contributed by atoms with Crippen molar-refractivity contribution in [2.75, 3.05) is 6.54 Å². The molecule has 0 saturated heterocycles. The Morgan fingerprint density at radius 3 is 2.08 bits per heavy atom. The lowest BCUT2D eigenvalue weighted by atomic mass is 9.70. The zero-order valence-corrected chi connectivity index (χ0v) is 15.0. The first-order chi connectivity index (χ1) is 12.2. The first-order valence-electron chi connectivity index (χ1n) is 9.24. The topological polar surface area (TPSA) is 69.1 Å². The summed E-state index contributed by atoms with van der Waals surface area (Å²) in [5.74, 6) is -0.226. The Labute approximate surface area is 151 Å². The summed E-state index contributed by atoms with van der Waals surface area (Å²) in [7, 11) is 0. The first kappa shape index (κ1) is 19.2. The maximum Gasteiger partial charge on any atom is 0.218 e. The number of hydrogen-bond acceptors (Lipinski definition) is 2. The monoisotopic (exact) mass is 338 g/mol. The van der Waals surface area contributed by atoms with Crippen LogP contribution in [0.2, 0.25) is 0 Å². The van der Waals surface area contributed by atoms with E-state index >= 15 is 0 Å². The van der Waals surface area contributed by atoms with Crippen molar-refractivity contribution >= 4 is 5.91 Å². The Morgan fingerprint density at radius 2 is 1.48 bits per heavy atom. The maximum absolute atomic E-state index is 11.9. The van der Waals surface area contributed by atoms with E-state index < -0.39 is 0 Å². The quantitative estimate of drug-likeness (QED) is 0.609. The molecule has 0 aromatic heterocycles. The van der Waals surface area contributed by atoms with Crippen LogP contribution in [0, 0.1) is 0 Å². The van der Waals surface area contributed by atoms with Crippen LogP contribution in [-0.2, 0) is 16.6 Å². The van der Waals surface area contributed by atoms with Gasteiger partial charge >= 0.3 is 0 Å². The van der Waals surface area contributed by atoms with Crippen molar-refractivity contribution in [3.05, 3.63) is 71.8 Å². The van der Waals surface area contributed by atoms with E-state index in [9.17, 15) is 4.79 Å². The summed E-state index contributed by atoms with van der Waals surface area (Å²) < 4.78 is 0. The third-order valence-corrected chi connectivity index (χ3v) is 4.99. The van der Waals surface area contributed by atoms with Gasteiger partial charge in [0.25, 0.3) is 0 Å². The van der Waals surface area contributed by atoms with E-state index in [-0.39, 0.29) is 11.3 Å². The number of rotatable bonds is 11. The molecule has 0 spiro atoms. The summed E-state index contributed by atoms with van der Waals surface area (Å²) in [5.41, 5.74) is 13.6. The van der Waals surface area contributed by atoms with Crippen molar-refractivity contribution in [3.8, 4) is 0 Å². The summed E-state index contributed by atoms with van der Waals surface area (Å²) in [6, 6.07) is 20.8. The minimum Gasteiger partial charge on any atom is -0.370 e. The van der Waals surface area contributed by atoms with E-state index in [1.165, 1.54) is 11.1 Å². The normalized spacial score (nSPS) is 13.3. The van der Waals surface area contributed by atoms with Gasteiger partial charge in [-0.2, -0.15) is 0 Å². The zero-order chi connectivity index (χ0) is 18.0. The SMILES string of the molecule is NCCCCCC(CCc1ccccc1)(CC(N)=O)c1ccccc1. The Bertz CT molecular complexity index is 627. The fraction of sp³-hybridized carbons (Fsp3) is 0.409. The van der Waals surface area contributed by atoms with Crippen molar-refractivity contribution in [1.82, 2.24) is 0 Å². The van der Waals surface area contributed by atoms with E-state index in [4.69, 9.17) is 11.5 Å². The Morgan fingerprint density at radius 1 is 0.840 bits per heavy atom. The summed E-state index contributed by atoms with van der Waals surface area (Å²) in [5, 5.41) is 0. The number of amides is 1. The minimum absolute atomic E-state index is 0.197. The van der Waals surface area contributed by atoms with Crippen LogP contribution in [0.15, 0.2) is 60.7 Å². The molecular weight excluding hydrogens is 308 g/mol. The number of carbonyl (C=O) groups is 1. The van der Waals surface area contributed by atoms with Crippen LogP contribution in [0.1, 0.15) is 49.7 Å². The highest BCUT2D eigenvalue weighted by Gasteiger charge is 2.33. The molecule has 2 aromatic rings. The number of benzene rings is 2. The van der Waals surface area contributed by atoms with Gasteiger partial charge in [-0.05, 0) is 43.4 Å². The number of primary amides is 1. The van der Waals surface area contributed by atoms with Gasteiger partial charge in [-0.3, -0.25) is 4.79 Å². The van der Waals surface area contributed by atoms with Gasteiger partial charge in [0.15, 0.2) is 0 Å². The van der Waals surface area contributed by atoms with Gasteiger partial charge in [0, 0.05) is 11.8 Å². The molecule has 0 fully saturated rings. The fourth-order valence-electron chi connectivity index (χ4n) is 3.63. The highest BCUT2D eigenvalue weighted by molar-refractivity contribution is 5.75. The molecule has 1 unspecified atom stereocenters. The summed E-state index contributed by atoms with van der Waals surface area (Å²) in [4.78, 5) is 11.9. The molecule has 0 radical (unpaired) electrons. The van der Waals surface area contributed by atoms with Crippen molar-refractivity contribution in [2.45, 2.75) is 50.4 Å². The van der Waals surface area contributed by atoms with Crippen LogP contribution in [0.4, 0.5) is 0 Å². The summed E-state index contributed by atoms with van der Waals surface area (Å²) in [6.07, 6.45) is 6.41. The largest absolute Gasteiger partial charge is 0.370 e. The number of unbranched alkanes of at least 4 members (excludes halogenated alkanes) is 2. The molecule has 4 N–H and O–H groups in total. The second-order valence-corrected chi connectivity index (χ2v) is 6.87. The molecule has 0 aliphatic carbocycles. The van der Waals surface area contributed by atoms with E-state index in [1.807, 2.05) is 24.3 Å². The third-order valence-electron chi connectivity index (χ3n) is 4.99. The van der Waals surface area contributed by atoms with Crippen LogP contribution >= 0.6 is 0 Å². The Kier molecular flexibility index (Phi) is 7.68. The molecule has 3 nitrogen and oxygen atoms in total. The summed E-state index contributed by atoms with van der Waals surface area (Å²) >= 11 is 0. The Balaban J connectivity index is 2.23. The lowest BCUT2D eigenvalue weighted by Crippen LogP contribution is -2.33. The van der Waals surface area contributed by atoms with E-state index in [1.54, 1.807) is 0 Å². The molecule has 0 saturated carbocycles. The molecule has 3 heteroatoms. The molecule has 2 aromatic carbocycles. The molecular formula is C22H30N2O. The molecule has 0 heterocycles. The van der Waals surface area contributed by atoms with Gasteiger partial charge in [-0.25, -0.2) is 0 Å². The molecule has 134 valence electrons. The molecule has 0 bridgehead atoms. The lowest BCUT2D eigenvalue weighted by Gasteiger charge is -2.34. The lowest BCUT2D eigenvalue weighted by molar-refractivity contribution is -0.119. The van der Waals surface area contributed by atoms with Crippen LogP contribution in [-0.4, -0.2) is 12.5 Å². The van der Waals surface area contributed by atoms with Crippen LogP contribution in [0.25, 0.3) is 0 Å². The van der Waals surface area contributed by atoms with Crippen LogP contribution in [0.5, 0.6) is 0 Å². The predicted molar refractivity (Wildman–Crippen MR) is 104 cm³/mol. The molecule has 2 rings (SSSR count). The van der Waals surface area contributed by atoms with Gasteiger partial charge in [-0.1, -0.05) is 73.5 Å². The van der Waals surface area contributed by atoms with Crippen LogP contribution < -0.4 is 11.5 Å². The highest BCUT2D eigenvalue weighted by Crippen LogP contribution is 2.38. The fourth-order valence-corrected chi connectivity index (χ4v) is 3.63. The number of nitrogens with two attached hydrogens (primary N) is 2. The number of hydrogen-bond donors (Lipinski definition) is 2. The molecule has 1 amide bonds. The van der Waals surface area contributed by atoms with Gasteiger partial charge in [0.1, 0.15) is 0 Å². The maximum atomic E-state index is 11.9. The van der Waals surface area contributed by atoms with Crippen molar-refractivity contribution in [2.24, 2.45) is 11.5 Å². The standard InChI is InChI=1S/C22H30N2O/c23-17-9-3-8-15-22(18-21(24)25,20-12-6-2-7-13-20)16-14-19-10-4-1-5-11-19/h1-2,4-7,10-13H,3,8-9,14-18,23H2,(H2,24,25). The molecule has 25 heavy (non-hydrogen) atoms. The minimum atomic E-state index is -0.226. The van der Waals surface area contributed by atoms with Gasteiger partial charge in [-0.15, -0.1) is 0 Å². The van der Waals surface area contributed by atoms with E-state index in [2.05, 4.69) is 36.4 Å². The van der Waals surface area contributed by atoms with Crippen molar-refractivity contribution in [3.63, 3.8) is 0 Å². The smallest absolute Gasteiger partial charge is 0.218 e. The first-order valence-corrected chi connectivity index (χ1v) is 9.24. The number of aryl methyl sites for hydroxylation is 1. The predicted octanol–water partition coefficient (Wildman–Crippen LogP) is 3.95.